The first-order valence-corrected chi connectivity index (χ1v) is 4.16. The standard InChI is InChI=1S/C11H8NO2/c1-14-11(13)10-6-8-4-2-3-5-9(8)7-12-10/h2-3,5-7H,1H3. The summed E-state index contributed by atoms with van der Waals surface area (Å²) in [5.41, 5.74) is 0.308. The van der Waals surface area contributed by atoms with Crippen molar-refractivity contribution < 1.29 is 9.53 Å². The fraction of sp³-hybridized carbons (Fsp3) is 0.0909. The van der Waals surface area contributed by atoms with E-state index in [0.29, 0.717) is 5.69 Å². The summed E-state index contributed by atoms with van der Waals surface area (Å²) < 4.78 is 4.57. The second-order valence-electron chi connectivity index (χ2n) is 2.82. The number of esters is 1. The van der Waals surface area contributed by atoms with Crippen LogP contribution in [0.3, 0.4) is 0 Å². The van der Waals surface area contributed by atoms with Gasteiger partial charge >= 0.3 is 5.97 Å². The molecule has 0 aliphatic rings. The molecule has 0 saturated heterocycles. The lowest BCUT2D eigenvalue weighted by molar-refractivity contribution is 0.0594. The van der Waals surface area contributed by atoms with E-state index in [1.165, 1.54) is 7.11 Å². The maximum absolute atomic E-state index is 11.2. The highest BCUT2D eigenvalue weighted by Crippen LogP contribution is 2.12. The number of hydrogen-bond donors (Lipinski definition) is 0. The average Bonchev–Trinajstić information content (AvgIpc) is 2.27. The summed E-state index contributed by atoms with van der Waals surface area (Å²) in [6.45, 7) is 0. The van der Waals surface area contributed by atoms with Crippen LogP contribution in [0.5, 0.6) is 0 Å². The van der Waals surface area contributed by atoms with Crippen LogP contribution >= 0.6 is 0 Å². The minimum absolute atomic E-state index is 0.308. The number of ether oxygens (including phenoxy) is 1. The molecule has 3 nitrogen and oxygen atoms in total. The molecule has 0 unspecified atom stereocenters. The number of aromatic nitrogens is 1. The van der Waals surface area contributed by atoms with E-state index < -0.39 is 5.97 Å². The summed E-state index contributed by atoms with van der Waals surface area (Å²) >= 11 is 0. The van der Waals surface area contributed by atoms with E-state index in [1.807, 2.05) is 12.1 Å². The Bertz CT molecular complexity index is 479. The third-order valence-electron chi connectivity index (χ3n) is 1.94. The Labute approximate surface area is 81.3 Å². The lowest BCUT2D eigenvalue weighted by Crippen LogP contribution is -2.03. The normalized spacial score (nSPS) is 10.1. The SMILES string of the molecule is COC(=O)c1cc2[c]cccc2cn1. The number of hydrogen-bond acceptors (Lipinski definition) is 3. The number of carbonyl (C=O) groups excluding carboxylic acids is 1. The maximum atomic E-state index is 11.2. The Kier molecular flexibility index (Phi) is 2.14. The second-order valence-corrected chi connectivity index (χ2v) is 2.82. The summed E-state index contributed by atoms with van der Waals surface area (Å²) in [6, 6.07) is 10.3. The van der Waals surface area contributed by atoms with Gasteiger partial charge in [0, 0.05) is 11.6 Å². The third-order valence-corrected chi connectivity index (χ3v) is 1.94. The second kappa shape index (κ2) is 3.46. The summed E-state index contributed by atoms with van der Waals surface area (Å²) in [4.78, 5) is 15.1. The van der Waals surface area contributed by atoms with Gasteiger partial charge in [0.2, 0.25) is 0 Å². The van der Waals surface area contributed by atoms with E-state index in [9.17, 15) is 4.79 Å². The predicted molar refractivity (Wildman–Crippen MR) is 51.9 cm³/mol. The lowest BCUT2D eigenvalue weighted by Gasteiger charge is -1.99. The molecule has 3 heteroatoms. The Morgan fingerprint density at radius 2 is 2.43 bits per heavy atom. The summed E-state index contributed by atoms with van der Waals surface area (Å²) in [7, 11) is 1.34. The molecule has 0 spiro atoms. The minimum Gasteiger partial charge on any atom is -0.464 e. The van der Waals surface area contributed by atoms with Crippen molar-refractivity contribution in [1.29, 1.82) is 0 Å². The first kappa shape index (κ1) is 8.69. The van der Waals surface area contributed by atoms with Crippen molar-refractivity contribution >= 4 is 16.7 Å². The Balaban J connectivity index is 2.56. The monoisotopic (exact) mass is 186 g/mol. The molecule has 0 aliphatic carbocycles. The lowest BCUT2D eigenvalue weighted by atomic mass is 10.1. The van der Waals surface area contributed by atoms with Crippen LogP contribution in [0.1, 0.15) is 10.5 Å². The van der Waals surface area contributed by atoms with Gasteiger partial charge in [-0.25, -0.2) is 9.78 Å². The molecule has 0 amide bonds. The molecule has 1 radical (unpaired) electrons. The maximum Gasteiger partial charge on any atom is 0.356 e. The fourth-order valence-electron chi connectivity index (χ4n) is 1.23. The van der Waals surface area contributed by atoms with Crippen LogP contribution in [0.2, 0.25) is 0 Å². The van der Waals surface area contributed by atoms with E-state index in [1.54, 1.807) is 18.3 Å². The molecule has 2 rings (SSSR count). The highest BCUT2D eigenvalue weighted by atomic mass is 16.5. The van der Waals surface area contributed by atoms with Crippen LogP contribution in [0.25, 0.3) is 10.8 Å². The number of carbonyl (C=O) groups is 1. The molecular formula is C11H8NO2. The quantitative estimate of drug-likeness (QED) is 0.638. The minimum atomic E-state index is -0.427. The molecule has 1 aromatic carbocycles. The number of pyridine rings is 1. The number of methoxy groups -OCH3 is 1. The van der Waals surface area contributed by atoms with Crippen LogP contribution < -0.4 is 0 Å². The highest BCUT2D eigenvalue weighted by Gasteiger charge is 2.06. The highest BCUT2D eigenvalue weighted by molar-refractivity contribution is 5.92. The van der Waals surface area contributed by atoms with Crippen LogP contribution in [0, 0.1) is 6.07 Å². The summed E-state index contributed by atoms with van der Waals surface area (Å²) in [5, 5.41) is 1.82. The van der Waals surface area contributed by atoms with E-state index in [0.717, 1.165) is 10.8 Å². The number of rotatable bonds is 1. The Hall–Kier alpha value is -1.90. The van der Waals surface area contributed by atoms with Gasteiger partial charge in [-0.3, -0.25) is 0 Å². The van der Waals surface area contributed by atoms with Crippen LogP contribution in [0.15, 0.2) is 30.5 Å². The fourth-order valence-corrected chi connectivity index (χ4v) is 1.23. The van der Waals surface area contributed by atoms with E-state index in [4.69, 9.17) is 0 Å². The van der Waals surface area contributed by atoms with E-state index in [-0.39, 0.29) is 0 Å². The molecule has 0 atom stereocenters. The average molecular weight is 186 g/mol. The van der Waals surface area contributed by atoms with Gasteiger partial charge < -0.3 is 4.74 Å². The first-order valence-electron chi connectivity index (χ1n) is 4.16. The van der Waals surface area contributed by atoms with Crippen molar-refractivity contribution in [3.05, 3.63) is 42.2 Å². The zero-order valence-electron chi connectivity index (χ0n) is 7.65. The van der Waals surface area contributed by atoms with Gasteiger partial charge in [-0.05, 0) is 17.5 Å². The third kappa shape index (κ3) is 1.44. The van der Waals surface area contributed by atoms with Crippen LogP contribution in [-0.4, -0.2) is 18.1 Å². The topological polar surface area (TPSA) is 39.2 Å². The van der Waals surface area contributed by atoms with Crippen molar-refractivity contribution in [1.82, 2.24) is 4.98 Å². The van der Waals surface area contributed by atoms with Crippen LogP contribution in [-0.2, 0) is 4.74 Å². The molecule has 0 saturated carbocycles. The Morgan fingerprint density at radius 3 is 3.21 bits per heavy atom. The van der Waals surface area contributed by atoms with Crippen molar-refractivity contribution in [3.63, 3.8) is 0 Å². The zero-order chi connectivity index (χ0) is 9.97. The zero-order valence-corrected chi connectivity index (χ0v) is 7.65. The van der Waals surface area contributed by atoms with Gasteiger partial charge in [0.05, 0.1) is 7.11 Å². The first-order chi connectivity index (χ1) is 6.81. The van der Waals surface area contributed by atoms with Crippen molar-refractivity contribution in [2.45, 2.75) is 0 Å². The van der Waals surface area contributed by atoms with Gasteiger partial charge in [0.25, 0.3) is 0 Å². The molecule has 14 heavy (non-hydrogen) atoms. The van der Waals surface area contributed by atoms with Gasteiger partial charge in [-0.1, -0.05) is 18.2 Å². The smallest absolute Gasteiger partial charge is 0.356 e. The predicted octanol–water partition coefficient (Wildman–Crippen LogP) is 1.82. The molecule has 69 valence electrons. The molecule has 0 aliphatic heterocycles. The summed E-state index contributed by atoms with van der Waals surface area (Å²) in [6.07, 6.45) is 1.64. The van der Waals surface area contributed by atoms with Gasteiger partial charge in [0.15, 0.2) is 0 Å². The molecule has 1 aromatic heterocycles. The molecule has 0 bridgehead atoms. The molecular weight excluding hydrogens is 178 g/mol. The van der Waals surface area contributed by atoms with E-state index in [2.05, 4.69) is 15.8 Å². The van der Waals surface area contributed by atoms with E-state index >= 15 is 0 Å². The van der Waals surface area contributed by atoms with Crippen LogP contribution in [0.4, 0.5) is 0 Å². The van der Waals surface area contributed by atoms with Crippen molar-refractivity contribution in [2.75, 3.05) is 7.11 Å². The van der Waals surface area contributed by atoms with Gasteiger partial charge in [-0.2, -0.15) is 0 Å². The van der Waals surface area contributed by atoms with Crippen molar-refractivity contribution in [2.24, 2.45) is 0 Å². The number of fused-ring (bicyclic) bond motifs is 1. The summed E-state index contributed by atoms with van der Waals surface area (Å²) in [5.74, 6) is -0.427. The van der Waals surface area contributed by atoms with Gasteiger partial charge in [0.1, 0.15) is 5.69 Å². The number of nitrogens with zero attached hydrogens (tertiary/aromatic N) is 1. The van der Waals surface area contributed by atoms with Crippen molar-refractivity contribution in [3.8, 4) is 0 Å². The molecule has 1 heterocycles. The molecule has 0 N–H and O–H groups in total. The Morgan fingerprint density at radius 1 is 1.57 bits per heavy atom. The molecule has 0 fully saturated rings. The number of benzene rings is 1. The molecule has 2 aromatic rings. The largest absolute Gasteiger partial charge is 0.464 e. The van der Waals surface area contributed by atoms with Gasteiger partial charge in [-0.15, -0.1) is 0 Å².